The van der Waals surface area contributed by atoms with E-state index in [4.69, 9.17) is 27.9 Å². The first-order chi connectivity index (χ1) is 10.1. The van der Waals surface area contributed by atoms with E-state index in [2.05, 4.69) is 16.9 Å². The zero-order valence-electron chi connectivity index (χ0n) is 11.8. The van der Waals surface area contributed by atoms with Gasteiger partial charge in [0.05, 0.1) is 30.1 Å². The zero-order valence-corrected chi connectivity index (χ0v) is 13.3. The lowest BCUT2D eigenvalue weighted by Gasteiger charge is -2.26. The van der Waals surface area contributed by atoms with Crippen molar-refractivity contribution in [3.8, 4) is 0 Å². The summed E-state index contributed by atoms with van der Waals surface area (Å²) in [6, 6.07) is 0. The van der Waals surface area contributed by atoms with Gasteiger partial charge in [0.2, 0.25) is 5.28 Å². The molecule has 7 heteroatoms. The van der Waals surface area contributed by atoms with Crippen LogP contribution in [0.1, 0.15) is 31.9 Å². The van der Waals surface area contributed by atoms with Gasteiger partial charge in [-0.15, -0.1) is 0 Å². The second kappa shape index (κ2) is 7.61. The highest BCUT2D eigenvalue weighted by Crippen LogP contribution is 2.26. The molecule has 114 valence electrons. The van der Waals surface area contributed by atoms with E-state index < -0.39 is 0 Å². The van der Waals surface area contributed by atoms with Crippen LogP contribution in [0.25, 0.3) is 5.57 Å². The molecule has 0 spiro atoms. The molecule has 0 N–H and O–H groups in total. The molecule has 21 heavy (non-hydrogen) atoms. The predicted octanol–water partition coefficient (Wildman–Crippen LogP) is 3.81. The summed E-state index contributed by atoms with van der Waals surface area (Å²) < 4.78 is 5.23. The number of carbonyl (C=O) groups is 1. The van der Waals surface area contributed by atoms with E-state index in [9.17, 15) is 4.79 Å². The number of halogens is 2. The maximum atomic E-state index is 12.0. The molecule has 0 fully saturated rings. The van der Waals surface area contributed by atoms with Gasteiger partial charge in [-0.25, -0.2) is 14.8 Å². The molecule has 0 unspecified atom stereocenters. The van der Waals surface area contributed by atoms with Crippen molar-refractivity contribution in [1.82, 2.24) is 14.9 Å². The Kier molecular flexibility index (Phi) is 5.82. The van der Waals surface area contributed by atoms with Crippen LogP contribution in [0.3, 0.4) is 0 Å². The number of ether oxygens (including phenoxy) is 1. The topological polar surface area (TPSA) is 55.3 Å². The lowest BCUT2D eigenvalue weighted by atomic mass is 10.1. The first kappa shape index (κ1) is 16.0. The van der Waals surface area contributed by atoms with Crippen LogP contribution >= 0.6 is 23.2 Å². The molecule has 1 aromatic heterocycles. The van der Waals surface area contributed by atoms with E-state index in [0.29, 0.717) is 30.4 Å². The van der Waals surface area contributed by atoms with Crippen LogP contribution in [-0.4, -0.2) is 40.7 Å². The molecular weight excluding hydrogens is 313 g/mol. The van der Waals surface area contributed by atoms with Crippen LogP contribution in [0.15, 0.2) is 12.3 Å². The van der Waals surface area contributed by atoms with E-state index >= 15 is 0 Å². The Morgan fingerprint density at radius 1 is 1.48 bits per heavy atom. The van der Waals surface area contributed by atoms with Crippen LogP contribution in [-0.2, 0) is 4.74 Å². The molecule has 1 aliphatic rings. The molecule has 0 bridgehead atoms. The Morgan fingerprint density at radius 3 is 3.05 bits per heavy atom. The normalized spacial score (nSPS) is 14.8. The van der Waals surface area contributed by atoms with Crippen LogP contribution < -0.4 is 0 Å². The van der Waals surface area contributed by atoms with Gasteiger partial charge in [-0.05, 0) is 30.0 Å². The van der Waals surface area contributed by atoms with E-state index in [1.165, 1.54) is 6.20 Å². The number of hydrogen-bond donors (Lipinski definition) is 0. The average molecular weight is 330 g/mol. The molecule has 2 heterocycles. The largest absolute Gasteiger partial charge is 0.449 e. The first-order valence-electron chi connectivity index (χ1n) is 6.91. The molecule has 1 aliphatic heterocycles. The fourth-order valence-electron chi connectivity index (χ4n) is 2.04. The summed E-state index contributed by atoms with van der Waals surface area (Å²) >= 11 is 11.9. The highest BCUT2D eigenvalue weighted by Gasteiger charge is 2.22. The van der Waals surface area contributed by atoms with Crippen molar-refractivity contribution >= 4 is 34.9 Å². The van der Waals surface area contributed by atoms with Gasteiger partial charge in [-0.1, -0.05) is 31.0 Å². The summed E-state index contributed by atoms with van der Waals surface area (Å²) in [5.41, 5.74) is 1.44. The van der Waals surface area contributed by atoms with Crippen molar-refractivity contribution in [2.75, 3.05) is 19.7 Å². The maximum absolute atomic E-state index is 12.0. The Morgan fingerprint density at radius 2 is 2.29 bits per heavy atom. The van der Waals surface area contributed by atoms with Gasteiger partial charge >= 0.3 is 6.09 Å². The lowest BCUT2D eigenvalue weighted by molar-refractivity contribution is 0.105. The summed E-state index contributed by atoms with van der Waals surface area (Å²) in [4.78, 5) is 21.6. The fourth-order valence-corrected chi connectivity index (χ4v) is 2.38. The van der Waals surface area contributed by atoms with E-state index in [1.54, 1.807) is 4.90 Å². The van der Waals surface area contributed by atoms with Gasteiger partial charge in [0.25, 0.3) is 0 Å². The summed E-state index contributed by atoms with van der Waals surface area (Å²) in [7, 11) is 0. The van der Waals surface area contributed by atoms with Gasteiger partial charge in [0.1, 0.15) is 0 Å². The number of unbranched alkanes of at least 4 members (excludes halogenated alkanes) is 1. The third-order valence-electron chi connectivity index (χ3n) is 3.15. The third-order valence-corrected chi connectivity index (χ3v) is 3.61. The molecule has 5 nitrogen and oxygen atoms in total. The van der Waals surface area contributed by atoms with Crippen LogP contribution in [0.5, 0.6) is 0 Å². The number of nitrogens with zero attached hydrogens (tertiary/aromatic N) is 3. The lowest BCUT2D eigenvalue weighted by Crippen LogP contribution is -2.36. The molecule has 0 saturated heterocycles. The standard InChI is InChI=1S/C14H17Cl2N3O2/c1-2-3-7-21-14(20)19-6-4-5-10(9-19)12-11(15)8-17-13(16)18-12/h5,8H,2-4,6-7,9H2,1H3. The van der Waals surface area contributed by atoms with Crippen molar-refractivity contribution in [2.24, 2.45) is 0 Å². The Hall–Kier alpha value is -1.33. The Balaban J connectivity index is 2.05. The van der Waals surface area contributed by atoms with E-state index in [1.807, 2.05) is 6.08 Å². The average Bonchev–Trinajstić information content (AvgIpc) is 2.50. The van der Waals surface area contributed by atoms with Gasteiger partial charge < -0.3 is 9.64 Å². The highest BCUT2D eigenvalue weighted by molar-refractivity contribution is 6.32. The monoisotopic (exact) mass is 329 g/mol. The van der Waals surface area contributed by atoms with Crippen molar-refractivity contribution in [2.45, 2.75) is 26.2 Å². The zero-order chi connectivity index (χ0) is 15.2. The van der Waals surface area contributed by atoms with E-state index in [-0.39, 0.29) is 11.4 Å². The van der Waals surface area contributed by atoms with Crippen LogP contribution in [0, 0.1) is 0 Å². The second-order valence-corrected chi connectivity index (χ2v) is 5.49. The minimum atomic E-state index is -0.301. The van der Waals surface area contributed by atoms with Gasteiger partial charge in [0.15, 0.2) is 0 Å². The molecule has 0 radical (unpaired) electrons. The smallest absolute Gasteiger partial charge is 0.410 e. The van der Waals surface area contributed by atoms with Crippen molar-refractivity contribution in [1.29, 1.82) is 0 Å². The number of amides is 1. The van der Waals surface area contributed by atoms with Crippen molar-refractivity contribution < 1.29 is 9.53 Å². The van der Waals surface area contributed by atoms with Crippen LogP contribution in [0.2, 0.25) is 10.3 Å². The molecule has 0 aliphatic carbocycles. The summed E-state index contributed by atoms with van der Waals surface area (Å²) in [6.45, 7) is 3.55. The summed E-state index contributed by atoms with van der Waals surface area (Å²) in [6.07, 6.45) is 5.77. The number of hydrogen-bond acceptors (Lipinski definition) is 4. The van der Waals surface area contributed by atoms with Gasteiger partial charge in [-0.3, -0.25) is 0 Å². The minimum Gasteiger partial charge on any atom is -0.449 e. The molecule has 1 aromatic rings. The Labute approximate surface area is 133 Å². The summed E-state index contributed by atoms with van der Waals surface area (Å²) in [5.74, 6) is 0. The summed E-state index contributed by atoms with van der Waals surface area (Å²) in [5, 5.41) is 0.560. The van der Waals surface area contributed by atoms with Crippen molar-refractivity contribution in [3.63, 3.8) is 0 Å². The van der Waals surface area contributed by atoms with Gasteiger partial charge in [-0.2, -0.15) is 0 Å². The predicted molar refractivity (Wildman–Crippen MR) is 82.5 cm³/mol. The molecule has 0 aromatic carbocycles. The maximum Gasteiger partial charge on any atom is 0.410 e. The number of aromatic nitrogens is 2. The van der Waals surface area contributed by atoms with E-state index in [0.717, 1.165) is 24.8 Å². The number of carbonyl (C=O) groups excluding carboxylic acids is 1. The molecule has 0 atom stereocenters. The SMILES string of the molecule is CCCCOC(=O)N1CCC=C(c2nc(Cl)ncc2Cl)C1. The minimum absolute atomic E-state index is 0.137. The quantitative estimate of drug-likeness (QED) is 0.622. The van der Waals surface area contributed by atoms with Crippen LogP contribution in [0.4, 0.5) is 4.79 Å². The first-order valence-corrected chi connectivity index (χ1v) is 7.66. The Bertz CT molecular complexity index is 549. The molecule has 0 saturated carbocycles. The van der Waals surface area contributed by atoms with Gasteiger partial charge in [0, 0.05) is 6.54 Å². The third kappa shape index (κ3) is 4.32. The second-order valence-electron chi connectivity index (χ2n) is 4.74. The molecular formula is C14H17Cl2N3O2. The molecule has 2 rings (SSSR count). The fraction of sp³-hybridized carbons (Fsp3) is 0.500. The number of rotatable bonds is 4. The van der Waals surface area contributed by atoms with Crippen molar-refractivity contribution in [3.05, 3.63) is 28.3 Å². The highest BCUT2D eigenvalue weighted by atomic mass is 35.5. The molecule has 1 amide bonds.